The molecule has 26 heavy (non-hydrogen) atoms. The summed E-state index contributed by atoms with van der Waals surface area (Å²) in [7, 11) is 1.76. The Morgan fingerprint density at radius 2 is 2.12 bits per heavy atom. The molecule has 0 bridgehead atoms. The van der Waals surface area contributed by atoms with E-state index in [0.29, 0.717) is 37.7 Å². The first-order chi connectivity index (χ1) is 12.6. The number of nitrogens with zero attached hydrogens (tertiary/aromatic N) is 3. The SMILES string of the molecule is CN(CCOc1ccc(Br)cc1)C(=O)CCc1nc(-c2ccsc2)no1. The van der Waals surface area contributed by atoms with Crippen molar-refractivity contribution in [2.24, 2.45) is 0 Å². The van der Waals surface area contributed by atoms with Crippen LogP contribution < -0.4 is 4.74 Å². The minimum absolute atomic E-state index is 0.0136. The highest BCUT2D eigenvalue weighted by molar-refractivity contribution is 9.10. The van der Waals surface area contributed by atoms with Gasteiger partial charge in [-0.1, -0.05) is 21.1 Å². The first-order valence-electron chi connectivity index (χ1n) is 8.09. The van der Waals surface area contributed by atoms with Gasteiger partial charge in [0, 0.05) is 35.3 Å². The highest BCUT2D eigenvalue weighted by Gasteiger charge is 2.13. The van der Waals surface area contributed by atoms with Gasteiger partial charge in [0.15, 0.2) is 0 Å². The van der Waals surface area contributed by atoms with Crippen molar-refractivity contribution >= 4 is 33.2 Å². The number of hydrogen-bond acceptors (Lipinski definition) is 6. The number of amides is 1. The molecule has 0 aliphatic rings. The molecule has 0 saturated heterocycles. The zero-order valence-corrected chi connectivity index (χ0v) is 16.6. The molecule has 136 valence electrons. The predicted molar refractivity (Wildman–Crippen MR) is 103 cm³/mol. The van der Waals surface area contributed by atoms with Gasteiger partial charge in [-0.25, -0.2) is 0 Å². The minimum Gasteiger partial charge on any atom is -0.492 e. The van der Waals surface area contributed by atoms with Gasteiger partial charge >= 0.3 is 0 Å². The van der Waals surface area contributed by atoms with Crippen molar-refractivity contribution in [3.05, 3.63) is 51.5 Å². The fourth-order valence-corrected chi connectivity index (χ4v) is 3.12. The van der Waals surface area contributed by atoms with Gasteiger partial charge in [-0.15, -0.1) is 0 Å². The van der Waals surface area contributed by atoms with Crippen molar-refractivity contribution in [2.75, 3.05) is 20.2 Å². The van der Waals surface area contributed by atoms with Crippen LogP contribution in [0.25, 0.3) is 11.4 Å². The van der Waals surface area contributed by atoms with Crippen LogP contribution in [0.15, 0.2) is 50.1 Å². The number of hydrogen-bond donors (Lipinski definition) is 0. The number of rotatable bonds is 8. The number of aromatic nitrogens is 2. The second-order valence-electron chi connectivity index (χ2n) is 5.64. The molecule has 0 spiro atoms. The van der Waals surface area contributed by atoms with E-state index in [1.165, 1.54) is 0 Å². The Balaban J connectivity index is 1.40. The summed E-state index contributed by atoms with van der Waals surface area (Å²) in [6.07, 6.45) is 0.744. The number of benzene rings is 1. The summed E-state index contributed by atoms with van der Waals surface area (Å²) in [6, 6.07) is 9.53. The molecule has 0 fully saturated rings. The summed E-state index contributed by atoms with van der Waals surface area (Å²) in [5.74, 6) is 1.82. The molecule has 1 amide bonds. The lowest BCUT2D eigenvalue weighted by Gasteiger charge is -2.17. The Morgan fingerprint density at radius 3 is 2.85 bits per heavy atom. The maximum atomic E-state index is 12.2. The number of halogens is 1. The van der Waals surface area contributed by atoms with Gasteiger partial charge in [0.1, 0.15) is 12.4 Å². The number of ether oxygens (including phenoxy) is 1. The van der Waals surface area contributed by atoms with Crippen LogP contribution >= 0.6 is 27.3 Å². The standard InChI is InChI=1S/C18H18BrN3O3S/c1-22(9-10-24-15-4-2-14(19)3-5-15)17(23)7-6-16-20-18(21-25-16)13-8-11-26-12-13/h2-5,8,11-12H,6-7,9-10H2,1H3. The van der Waals surface area contributed by atoms with Crippen LogP contribution in [-0.4, -0.2) is 41.1 Å². The van der Waals surface area contributed by atoms with E-state index in [4.69, 9.17) is 9.26 Å². The molecule has 0 aliphatic carbocycles. The van der Waals surface area contributed by atoms with Crippen LogP contribution in [0.5, 0.6) is 5.75 Å². The lowest BCUT2D eigenvalue weighted by Crippen LogP contribution is -2.31. The Morgan fingerprint density at radius 1 is 1.31 bits per heavy atom. The molecule has 0 unspecified atom stereocenters. The molecular formula is C18H18BrN3O3S. The third-order valence-electron chi connectivity index (χ3n) is 3.74. The molecule has 0 saturated carbocycles. The highest BCUT2D eigenvalue weighted by Crippen LogP contribution is 2.19. The Hall–Kier alpha value is -2.19. The fourth-order valence-electron chi connectivity index (χ4n) is 2.23. The van der Waals surface area contributed by atoms with E-state index in [-0.39, 0.29) is 5.91 Å². The molecule has 2 aromatic heterocycles. The lowest BCUT2D eigenvalue weighted by atomic mass is 10.2. The maximum absolute atomic E-state index is 12.2. The van der Waals surface area contributed by atoms with E-state index in [2.05, 4.69) is 26.1 Å². The first kappa shape index (κ1) is 18.6. The van der Waals surface area contributed by atoms with E-state index < -0.39 is 0 Å². The molecule has 0 aliphatic heterocycles. The normalized spacial score (nSPS) is 10.7. The molecule has 0 atom stereocenters. The topological polar surface area (TPSA) is 68.5 Å². The molecule has 3 aromatic rings. The van der Waals surface area contributed by atoms with Gasteiger partial charge in [-0.3, -0.25) is 4.79 Å². The Kier molecular flexibility index (Phi) is 6.40. The van der Waals surface area contributed by atoms with Gasteiger partial charge in [-0.05, 0) is 35.7 Å². The zero-order chi connectivity index (χ0) is 18.4. The van der Waals surface area contributed by atoms with Crippen LogP contribution in [0.3, 0.4) is 0 Å². The van der Waals surface area contributed by atoms with E-state index >= 15 is 0 Å². The van der Waals surface area contributed by atoms with E-state index in [0.717, 1.165) is 15.8 Å². The number of thiophene rings is 1. The molecule has 6 nitrogen and oxygen atoms in total. The van der Waals surface area contributed by atoms with Crippen molar-refractivity contribution in [2.45, 2.75) is 12.8 Å². The van der Waals surface area contributed by atoms with Gasteiger partial charge in [-0.2, -0.15) is 16.3 Å². The molecule has 1 aromatic carbocycles. The monoisotopic (exact) mass is 435 g/mol. The average molecular weight is 436 g/mol. The minimum atomic E-state index is 0.0136. The molecule has 8 heteroatoms. The number of carbonyl (C=O) groups excluding carboxylic acids is 1. The average Bonchev–Trinajstić information content (AvgIpc) is 3.32. The second kappa shape index (κ2) is 8.95. The summed E-state index contributed by atoms with van der Waals surface area (Å²) in [6.45, 7) is 0.950. The van der Waals surface area contributed by atoms with Crippen molar-refractivity contribution < 1.29 is 14.1 Å². The van der Waals surface area contributed by atoms with Gasteiger partial charge < -0.3 is 14.2 Å². The van der Waals surface area contributed by atoms with E-state index in [9.17, 15) is 4.79 Å². The van der Waals surface area contributed by atoms with Crippen molar-refractivity contribution in [3.8, 4) is 17.1 Å². The van der Waals surface area contributed by atoms with Crippen molar-refractivity contribution in [1.82, 2.24) is 15.0 Å². The lowest BCUT2D eigenvalue weighted by molar-refractivity contribution is -0.130. The number of aryl methyl sites for hydroxylation is 1. The summed E-state index contributed by atoms with van der Waals surface area (Å²) >= 11 is 4.96. The molecular weight excluding hydrogens is 418 g/mol. The molecule has 3 rings (SSSR count). The van der Waals surface area contributed by atoms with Crippen LogP contribution in [0, 0.1) is 0 Å². The van der Waals surface area contributed by atoms with E-state index in [1.54, 1.807) is 23.3 Å². The van der Waals surface area contributed by atoms with Crippen LogP contribution in [0.2, 0.25) is 0 Å². The second-order valence-corrected chi connectivity index (χ2v) is 7.34. The smallest absolute Gasteiger partial charge is 0.227 e. The third kappa shape index (κ3) is 5.15. The summed E-state index contributed by atoms with van der Waals surface area (Å²) in [4.78, 5) is 18.2. The molecule has 0 radical (unpaired) electrons. The highest BCUT2D eigenvalue weighted by atomic mass is 79.9. The van der Waals surface area contributed by atoms with Crippen LogP contribution in [-0.2, 0) is 11.2 Å². The molecule has 0 N–H and O–H groups in total. The largest absolute Gasteiger partial charge is 0.492 e. The van der Waals surface area contributed by atoms with Crippen molar-refractivity contribution in [3.63, 3.8) is 0 Å². The summed E-state index contributed by atoms with van der Waals surface area (Å²) < 4.78 is 11.8. The molecule has 2 heterocycles. The third-order valence-corrected chi connectivity index (χ3v) is 4.95. The van der Waals surface area contributed by atoms with Crippen LogP contribution in [0.1, 0.15) is 12.3 Å². The quantitative estimate of drug-likeness (QED) is 0.534. The van der Waals surface area contributed by atoms with Gasteiger partial charge in [0.05, 0.1) is 6.54 Å². The summed E-state index contributed by atoms with van der Waals surface area (Å²) in [5, 5.41) is 7.86. The number of likely N-dealkylation sites (N-methyl/N-ethyl adjacent to an activating group) is 1. The maximum Gasteiger partial charge on any atom is 0.227 e. The van der Waals surface area contributed by atoms with Crippen molar-refractivity contribution in [1.29, 1.82) is 0 Å². The van der Waals surface area contributed by atoms with Gasteiger partial charge in [0.2, 0.25) is 17.6 Å². The first-order valence-corrected chi connectivity index (χ1v) is 9.83. The fraction of sp³-hybridized carbons (Fsp3) is 0.278. The summed E-state index contributed by atoms with van der Waals surface area (Å²) in [5.41, 5.74) is 0.929. The Bertz CT molecular complexity index is 834. The van der Waals surface area contributed by atoms with Gasteiger partial charge in [0.25, 0.3) is 0 Å². The Labute approximate surface area is 163 Å². The number of carbonyl (C=O) groups is 1. The van der Waals surface area contributed by atoms with E-state index in [1.807, 2.05) is 41.1 Å². The zero-order valence-electron chi connectivity index (χ0n) is 14.2. The predicted octanol–water partition coefficient (Wildman–Crippen LogP) is 4.03. The van der Waals surface area contributed by atoms with Crippen LogP contribution in [0.4, 0.5) is 0 Å².